The van der Waals surface area contributed by atoms with Crippen LogP contribution in [0.5, 0.6) is 0 Å². The Labute approximate surface area is 94.1 Å². The van der Waals surface area contributed by atoms with Gasteiger partial charge in [-0.1, -0.05) is 42.5 Å². The number of benzene rings is 2. The molecule has 16 heavy (non-hydrogen) atoms. The maximum Gasteiger partial charge on any atom is 0.151 e. The molecule has 0 N–H and O–H groups in total. The standard InChI is InChI=1S/C14H11NO/c1-10(16)14(9-15)13-8-4-6-11-5-2-3-7-12(11)13/h2-8,14H,1H3. The van der Waals surface area contributed by atoms with Gasteiger partial charge in [-0.15, -0.1) is 0 Å². The highest BCUT2D eigenvalue weighted by Gasteiger charge is 2.17. The molecular formula is C14H11NO. The predicted octanol–water partition coefficient (Wildman–Crippen LogP) is 3.04. The fourth-order valence-electron chi connectivity index (χ4n) is 1.88. The SMILES string of the molecule is CC(=O)C(C#N)c1cccc2ccccc12. The van der Waals surface area contributed by atoms with Crippen molar-refractivity contribution in [3.8, 4) is 6.07 Å². The van der Waals surface area contributed by atoms with E-state index in [2.05, 4.69) is 6.07 Å². The Morgan fingerprint density at radius 2 is 1.88 bits per heavy atom. The van der Waals surface area contributed by atoms with Gasteiger partial charge in [0.05, 0.1) is 6.07 Å². The normalized spacial score (nSPS) is 12.0. The molecule has 1 unspecified atom stereocenters. The van der Waals surface area contributed by atoms with Gasteiger partial charge in [-0.2, -0.15) is 5.26 Å². The van der Waals surface area contributed by atoms with Crippen molar-refractivity contribution in [2.45, 2.75) is 12.8 Å². The molecule has 2 aromatic rings. The molecule has 0 fully saturated rings. The number of rotatable bonds is 2. The second-order valence-corrected chi connectivity index (χ2v) is 3.74. The smallest absolute Gasteiger partial charge is 0.151 e. The molecule has 0 aliphatic heterocycles. The molecule has 1 atom stereocenters. The Morgan fingerprint density at radius 1 is 1.19 bits per heavy atom. The van der Waals surface area contributed by atoms with Crippen molar-refractivity contribution in [2.75, 3.05) is 0 Å². The van der Waals surface area contributed by atoms with Gasteiger partial charge >= 0.3 is 0 Å². The number of nitriles is 1. The van der Waals surface area contributed by atoms with Crippen molar-refractivity contribution in [3.05, 3.63) is 48.0 Å². The fourth-order valence-corrected chi connectivity index (χ4v) is 1.88. The molecule has 78 valence electrons. The molecule has 2 rings (SSSR count). The number of hydrogen-bond acceptors (Lipinski definition) is 2. The van der Waals surface area contributed by atoms with Crippen molar-refractivity contribution >= 4 is 16.6 Å². The van der Waals surface area contributed by atoms with E-state index >= 15 is 0 Å². The van der Waals surface area contributed by atoms with Gasteiger partial charge in [0.1, 0.15) is 5.92 Å². The first-order valence-electron chi connectivity index (χ1n) is 5.12. The van der Waals surface area contributed by atoms with E-state index in [0.29, 0.717) is 0 Å². The topological polar surface area (TPSA) is 40.9 Å². The predicted molar refractivity (Wildman–Crippen MR) is 63.0 cm³/mol. The van der Waals surface area contributed by atoms with Crippen LogP contribution in [-0.2, 0) is 4.79 Å². The van der Waals surface area contributed by atoms with Gasteiger partial charge in [-0.25, -0.2) is 0 Å². The van der Waals surface area contributed by atoms with Gasteiger partial charge in [0.15, 0.2) is 5.78 Å². The molecule has 0 heterocycles. The Balaban J connectivity index is 2.69. The summed E-state index contributed by atoms with van der Waals surface area (Å²) in [5.41, 5.74) is 0.799. The van der Waals surface area contributed by atoms with Crippen LogP contribution in [0.2, 0.25) is 0 Å². The highest BCUT2D eigenvalue weighted by molar-refractivity contribution is 5.94. The summed E-state index contributed by atoms with van der Waals surface area (Å²) in [7, 11) is 0. The molecule has 0 aliphatic rings. The number of carbonyl (C=O) groups excluding carboxylic acids is 1. The molecule has 0 bridgehead atoms. The Hall–Kier alpha value is -2.14. The first-order valence-corrected chi connectivity index (χ1v) is 5.12. The van der Waals surface area contributed by atoms with Crippen LogP contribution in [0.1, 0.15) is 18.4 Å². The van der Waals surface area contributed by atoms with E-state index in [9.17, 15) is 4.79 Å². The van der Waals surface area contributed by atoms with Crippen LogP contribution in [0.4, 0.5) is 0 Å². The zero-order valence-corrected chi connectivity index (χ0v) is 8.97. The summed E-state index contributed by atoms with van der Waals surface area (Å²) in [6.45, 7) is 1.45. The quantitative estimate of drug-likeness (QED) is 0.762. The van der Waals surface area contributed by atoms with Crippen LogP contribution < -0.4 is 0 Å². The molecule has 0 aromatic heterocycles. The molecule has 0 saturated carbocycles. The van der Waals surface area contributed by atoms with Crippen molar-refractivity contribution in [2.24, 2.45) is 0 Å². The van der Waals surface area contributed by atoms with Crippen LogP contribution in [0.25, 0.3) is 10.8 Å². The molecular weight excluding hydrogens is 198 g/mol. The summed E-state index contributed by atoms with van der Waals surface area (Å²) in [5, 5.41) is 11.1. The zero-order valence-electron chi connectivity index (χ0n) is 8.97. The number of Topliss-reactive ketones (excluding diaryl/α,β-unsaturated/α-hetero) is 1. The first-order chi connectivity index (χ1) is 7.74. The molecule has 0 spiro atoms. The van der Waals surface area contributed by atoms with Crippen molar-refractivity contribution in [1.82, 2.24) is 0 Å². The lowest BCUT2D eigenvalue weighted by Crippen LogP contribution is -2.06. The van der Waals surface area contributed by atoms with E-state index in [-0.39, 0.29) is 5.78 Å². The second kappa shape index (κ2) is 4.16. The summed E-state index contributed by atoms with van der Waals surface area (Å²) in [6, 6.07) is 15.5. The van der Waals surface area contributed by atoms with Gasteiger partial charge < -0.3 is 0 Å². The lowest BCUT2D eigenvalue weighted by atomic mass is 9.92. The lowest BCUT2D eigenvalue weighted by Gasteiger charge is -2.09. The lowest BCUT2D eigenvalue weighted by molar-refractivity contribution is -0.117. The third kappa shape index (κ3) is 1.68. The zero-order chi connectivity index (χ0) is 11.5. The van der Waals surface area contributed by atoms with Gasteiger partial charge in [0.2, 0.25) is 0 Å². The third-order valence-electron chi connectivity index (χ3n) is 2.67. The summed E-state index contributed by atoms with van der Waals surface area (Å²) >= 11 is 0. The molecule has 2 nitrogen and oxygen atoms in total. The van der Waals surface area contributed by atoms with Gasteiger partial charge in [-0.05, 0) is 23.3 Å². The molecule has 2 aromatic carbocycles. The van der Waals surface area contributed by atoms with Gasteiger partial charge in [0, 0.05) is 0 Å². The maximum atomic E-state index is 11.4. The summed E-state index contributed by atoms with van der Waals surface area (Å²) in [5.74, 6) is -0.773. The van der Waals surface area contributed by atoms with Gasteiger partial charge in [0.25, 0.3) is 0 Å². The number of fused-ring (bicyclic) bond motifs is 1. The minimum atomic E-state index is -0.661. The van der Waals surface area contributed by atoms with Crippen LogP contribution >= 0.6 is 0 Å². The van der Waals surface area contributed by atoms with Crippen molar-refractivity contribution < 1.29 is 4.79 Å². The molecule has 0 amide bonds. The van der Waals surface area contributed by atoms with E-state index in [4.69, 9.17) is 5.26 Å². The van der Waals surface area contributed by atoms with Crippen LogP contribution in [0.3, 0.4) is 0 Å². The average molecular weight is 209 g/mol. The largest absolute Gasteiger partial charge is 0.298 e. The Morgan fingerprint density at radius 3 is 2.56 bits per heavy atom. The highest BCUT2D eigenvalue weighted by Crippen LogP contribution is 2.25. The van der Waals surface area contributed by atoms with Crippen LogP contribution in [0, 0.1) is 11.3 Å². The summed E-state index contributed by atoms with van der Waals surface area (Å²) < 4.78 is 0. The Bertz CT molecular complexity index is 575. The van der Waals surface area contributed by atoms with Gasteiger partial charge in [-0.3, -0.25) is 4.79 Å². The second-order valence-electron chi connectivity index (χ2n) is 3.74. The number of hydrogen-bond donors (Lipinski definition) is 0. The maximum absolute atomic E-state index is 11.4. The molecule has 0 saturated heterocycles. The number of ketones is 1. The fraction of sp³-hybridized carbons (Fsp3) is 0.143. The molecule has 0 aliphatic carbocycles. The Kier molecular flexibility index (Phi) is 2.70. The van der Waals surface area contributed by atoms with Crippen molar-refractivity contribution in [3.63, 3.8) is 0 Å². The van der Waals surface area contributed by atoms with E-state index < -0.39 is 5.92 Å². The third-order valence-corrected chi connectivity index (χ3v) is 2.67. The van der Waals surface area contributed by atoms with Crippen molar-refractivity contribution in [1.29, 1.82) is 5.26 Å². The van der Waals surface area contributed by atoms with E-state index in [1.807, 2.05) is 42.5 Å². The minimum absolute atomic E-state index is 0.112. The van der Waals surface area contributed by atoms with E-state index in [1.54, 1.807) is 0 Å². The summed E-state index contributed by atoms with van der Waals surface area (Å²) in [4.78, 5) is 11.4. The van der Waals surface area contributed by atoms with E-state index in [0.717, 1.165) is 16.3 Å². The number of carbonyl (C=O) groups is 1. The first kappa shape index (κ1) is 10.4. The average Bonchev–Trinajstić information content (AvgIpc) is 2.30. The van der Waals surface area contributed by atoms with Crippen LogP contribution in [-0.4, -0.2) is 5.78 Å². The van der Waals surface area contributed by atoms with Crippen LogP contribution in [0.15, 0.2) is 42.5 Å². The monoisotopic (exact) mass is 209 g/mol. The summed E-state index contributed by atoms with van der Waals surface area (Å²) in [6.07, 6.45) is 0. The van der Waals surface area contributed by atoms with E-state index in [1.165, 1.54) is 6.92 Å². The molecule has 0 radical (unpaired) electrons. The minimum Gasteiger partial charge on any atom is -0.298 e. The molecule has 2 heteroatoms. The number of nitrogens with zero attached hydrogens (tertiary/aromatic N) is 1. The highest BCUT2D eigenvalue weighted by atomic mass is 16.1.